The van der Waals surface area contributed by atoms with Gasteiger partial charge in [0.25, 0.3) is 0 Å². The van der Waals surface area contributed by atoms with Crippen molar-refractivity contribution < 1.29 is 4.74 Å². The molecule has 1 unspecified atom stereocenters. The Morgan fingerprint density at radius 2 is 2.57 bits per heavy atom. The molecular formula is C5H7ClO. The van der Waals surface area contributed by atoms with Gasteiger partial charge < -0.3 is 4.74 Å². The van der Waals surface area contributed by atoms with Crippen molar-refractivity contribution >= 4 is 11.6 Å². The first-order chi connectivity index (χ1) is 3.43. The average Bonchev–Trinajstić information content (AvgIpc) is 2.42. The van der Waals surface area contributed by atoms with E-state index in [1.165, 1.54) is 5.54 Å². The fourth-order valence-electron chi connectivity index (χ4n) is 0.407. The molecule has 0 N–H and O–H groups in total. The van der Waals surface area contributed by atoms with Crippen molar-refractivity contribution in [3.05, 3.63) is 11.6 Å². The van der Waals surface area contributed by atoms with Gasteiger partial charge in [-0.2, -0.15) is 0 Å². The second kappa shape index (κ2) is 2.34. The average molecular weight is 119 g/mol. The zero-order valence-electron chi connectivity index (χ0n) is 3.93. The monoisotopic (exact) mass is 118 g/mol. The lowest BCUT2D eigenvalue weighted by Crippen LogP contribution is -1.76. The largest absolute Gasteiger partial charge is 0.373 e. The van der Waals surface area contributed by atoms with Crippen molar-refractivity contribution in [3.63, 3.8) is 0 Å². The Bertz CT molecular complexity index is 76.1. The Balaban J connectivity index is 1.98. The molecule has 0 bridgehead atoms. The molecule has 1 heterocycles. The maximum Gasteiger partial charge on any atom is 0.0844 e. The predicted octanol–water partition coefficient (Wildman–Crippen LogP) is 1.53. The summed E-state index contributed by atoms with van der Waals surface area (Å²) < 4.78 is 4.90. The second-order valence-corrected chi connectivity index (χ2v) is 1.80. The van der Waals surface area contributed by atoms with E-state index in [1.807, 2.05) is 6.08 Å². The zero-order chi connectivity index (χ0) is 5.11. The van der Waals surface area contributed by atoms with Gasteiger partial charge in [0.1, 0.15) is 0 Å². The van der Waals surface area contributed by atoms with Crippen LogP contribution in [0, 0.1) is 0 Å². The van der Waals surface area contributed by atoms with Gasteiger partial charge >= 0.3 is 0 Å². The molecule has 0 aliphatic carbocycles. The van der Waals surface area contributed by atoms with Crippen LogP contribution >= 0.6 is 11.6 Å². The lowest BCUT2D eigenvalue weighted by Gasteiger charge is -1.76. The van der Waals surface area contributed by atoms with Crippen LogP contribution in [0.1, 0.15) is 6.42 Å². The predicted molar refractivity (Wildman–Crippen MR) is 29.3 cm³/mol. The Kier molecular flexibility index (Phi) is 1.71. The van der Waals surface area contributed by atoms with Gasteiger partial charge in [0, 0.05) is 5.54 Å². The van der Waals surface area contributed by atoms with Gasteiger partial charge in [0.2, 0.25) is 0 Å². The van der Waals surface area contributed by atoms with Crippen LogP contribution < -0.4 is 0 Å². The highest BCUT2D eigenvalue weighted by Gasteiger charge is 2.19. The molecule has 0 aromatic heterocycles. The number of hydrogen-bond donors (Lipinski definition) is 0. The summed E-state index contributed by atoms with van der Waals surface area (Å²) in [6.45, 7) is 0.918. The summed E-state index contributed by atoms with van der Waals surface area (Å²) in [5, 5.41) is 0. The molecule has 1 saturated heterocycles. The SMILES string of the molecule is ClC=CCC1CO1. The van der Waals surface area contributed by atoms with E-state index < -0.39 is 0 Å². The summed E-state index contributed by atoms with van der Waals surface area (Å²) in [7, 11) is 0. The molecule has 1 atom stereocenters. The minimum Gasteiger partial charge on any atom is -0.373 e. The van der Waals surface area contributed by atoms with Gasteiger partial charge in [-0.3, -0.25) is 0 Å². The summed E-state index contributed by atoms with van der Waals surface area (Å²) in [5.74, 6) is 0. The standard InChI is InChI=1S/C5H7ClO/c6-3-1-2-5-4-7-5/h1,3,5H,2,4H2. The minimum absolute atomic E-state index is 0.481. The van der Waals surface area contributed by atoms with Gasteiger partial charge in [-0.1, -0.05) is 17.7 Å². The molecule has 0 aromatic rings. The van der Waals surface area contributed by atoms with E-state index in [-0.39, 0.29) is 0 Å². The molecule has 1 nitrogen and oxygen atoms in total. The van der Waals surface area contributed by atoms with Crippen molar-refractivity contribution in [3.8, 4) is 0 Å². The fourth-order valence-corrected chi connectivity index (χ4v) is 0.510. The number of rotatable bonds is 2. The third-order valence-electron chi connectivity index (χ3n) is 0.890. The zero-order valence-corrected chi connectivity index (χ0v) is 4.69. The van der Waals surface area contributed by atoms with Crippen LogP contribution in [0.3, 0.4) is 0 Å². The second-order valence-electron chi connectivity index (χ2n) is 1.55. The number of hydrogen-bond acceptors (Lipinski definition) is 1. The summed E-state index contributed by atoms with van der Waals surface area (Å²) in [4.78, 5) is 0. The highest BCUT2D eigenvalue weighted by atomic mass is 35.5. The van der Waals surface area contributed by atoms with E-state index in [9.17, 15) is 0 Å². The Labute approximate surface area is 47.9 Å². The highest BCUT2D eigenvalue weighted by molar-refractivity contribution is 6.25. The Morgan fingerprint density at radius 1 is 1.86 bits per heavy atom. The molecule has 0 radical (unpaired) electrons. The van der Waals surface area contributed by atoms with Gasteiger partial charge in [-0.05, 0) is 6.42 Å². The van der Waals surface area contributed by atoms with Crippen molar-refractivity contribution in [2.45, 2.75) is 12.5 Å². The molecule has 1 aliphatic rings. The molecule has 0 spiro atoms. The van der Waals surface area contributed by atoms with E-state index in [4.69, 9.17) is 16.3 Å². The summed E-state index contributed by atoms with van der Waals surface area (Å²) in [5.41, 5.74) is 1.53. The normalized spacial score (nSPS) is 29.0. The topological polar surface area (TPSA) is 12.5 Å². The quantitative estimate of drug-likeness (QED) is 0.501. The van der Waals surface area contributed by atoms with Crippen molar-refractivity contribution in [1.82, 2.24) is 0 Å². The summed E-state index contributed by atoms with van der Waals surface area (Å²) in [6.07, 6.45) is 3.36. The summed E-state index contributed by atoms with van der Waals surface area (Å²) >= 11 is 5.24. The van der Waals surface area contributed by atoms with E-state index in [0.717, 1.165) is 13.0 Å². The maximum atomic E-state index is 5.24. The van der Waals surface area contributed by atoms with Crippen molar-refractivity contribution in [2.75, 3.05) is 6.61 Å². The van der Waals surface area contributed by atoms with Crippen LogP contribution in [0.25, 0.3) is 0 Å². The number of ether oxygens (including phenoxy) is 1. The molecule has 7 heavy (non-hydrogen) atoms. The Morgan fingerprint density at radius 3 is 3.00 bits per heavy atom. The molecule has 0 aromatic carbocycles. The van der Waals surface area contributed by atoms with Gasteiger partial charge in [-0.25, -0.2) is 0 Å². The first-order valence-electron chi connectivity index (χ1n) is 2.30. The fraction of sp³-hybridized carbons (Fsp3) is 0.600. The molecule has 1 aliphatic heterocycles. The van der Waals surface area contributed by atoms with Gasteiger partial charge in [0.05, 0.1) is 12.7 Å². The maximum absolute atomic E-state index is 5.24. The summed E-state index contributed by atoms with van der Waals surface area (Å²) in [6, 6.07) is 0. The lowest BCUT2D eigenvalue weighted by molar-refractivity contribution is 0.410. The highest BCUT2D eigenvalue weighted by Crippen LogP contribution is 2.13. The third kappa shape index (κ3) is 1.95. The van der Waals surface area contributed by atoms with E-state index in [0.29, 0.717) is 6.10 Å². The van der Waals surface area contributed by atoms with Crippen molar-refractivity contribution in [2.24, 2.45) is 0 Å². The Hall–Kier alpha value is -0.0100. The molecule has 0 amide bonds. The smallest absolute Gasteiger partial charge is 0.0844 e. The van der Waals surface area contributed by atoms with Crippen LogP contribution in [0.5, 0.6) is 0 Å². The first kappa shape index (κ1) is 5.13. The number of epoxide rings is 1. The molecular weight excluding hydrogens is 112 g/mol. The van der Waals surface area contributed by atoms with E-state index >= 15 is 0 Å². The van der Waals surface area contributed by atoms with E-state index in [2.05, 4.69) is 0 Å². The molecule has 2 heteroatoms. The molecule has 40 valence electrons. The van der Waals surface area contributed by atoms with Crippen LogP contribution in [0.2, 0.25) is 0 Å². The molecule has 1 rings (SSSR count). The van der Waals surface area contributed by atoms with Crippen LogP contribution in [-0.4, -0.2) is 12.7 Å². The third-order valence-corrected chi connectivity index (χ3v) is 1.07. The first-order valence-corrected chi connectivity index (χ1v) is 2.74. The van der Waals surface area contributed by atoms with Crippen LogP contribution in [-0.2, 0) is 4.74 Å². The molecule has 0 saturated carbocycles. The number of halogens is 1. The van der Waals surface area contributed by atoms with Gasteiger partial charge in [0.15, 0.2) is 0 Å². The van der Waals surface area contributed by atoms with Crippen LogP contribution in [0.15, 0.2) is 11.6 Å². The van der Waals surface area contributed by atoms with E-state index in [1.54, 1.807) is 0 Å². The minimum atomic E-state index is 0.481. The lowest BCUT2D eigenvalue weighted by atomic mass is 10.3. The van der Waals surface area contributed by atoms with Crippen molar-refractivity contribution in [1.29, 1.82) is 0 Å². The molecule has 1 fully saturated rings. The van der Waals surface area contributed by atoms with Crippen LogP contribution in [0.4, 0.5) is 0 Å². The van der Waals surface area contributed by atoms with Gasteiger partial charge in [-0.15, -0.1) is 0 Å².